The lowest BCUT2D eigenvalue weighted by atomic mass is 9.48. The SMILES string of the molecule is NC(=O)C1CC(=O)N(c2ccc(C34CC5CC(CC(C5)C3)C4)cc2Br)C1. The normalized spacial score (nSPS) is 38.2. The second kappa shape index (κ2) is 5.82. The number of benzene rings is 1. The molecular formula is C21H25BrN2O2. The van der Waals surface area contributed by atoms with Gasteiger partial charge in [0, 0.05) is 17.4 Å². The lowest BCUT2D eigenvalue weighted by molar-refractivity contribution is -0.123. The molecule has 0 radical (unpaired) electrons. The summed E-state index contributed by atoms with van der Waals surface area (Å²) < 4.78 is 0.962. The molecule has 4 saturated carbocycles. The van der Waals surface area contributed by atoms with Crippen molar-refractivity contribution >= 4 is 33.4 Å². The lowest BCUT2D eigenvalue weighted by Crippen LogP contribution is -2.48. The number of halogens is 1. The van der Waals surface area contributed by atoms with Gasteiger partial charge in [-0.05, 0) is 95.3 Å². The standard InChI is InChI=1S/C21H25BrN2O2/c22-17-7-16(21-8-12-3-13(9-21)5-14(4-12)10-21)1-2-18(17)24-11-15(20(23)26)6-19(24)25/h1-2,7,12-15H,3-6,8-11H2,(H2,23,26). The van der Waals surface area contributed by atoms with Crippen molar-refractivity contribution in [2.75, 3.05) is 11.4 Å². The van der Waals surface area contributed by atoms with Crippen molar-refractivity contribution in [2.24, 2.45) is 29.4 Å². The van der Waals surface area contributed by atoms with Crippen LogP contribution in [0.15, 0.2) is 22.7 Å². The zero-order valence-electron chi connectivity index (χ0n) is 14.9. The number of amides is 2. The number of rotatable bonds is 3. The van der Waals surface area contributed by atoms with Crippen LogP contribution in [0, 0.1) is 23.7 Å². The highest BCUT2D eigenvalue weighted by Crippen LogP contribution is 2.61. The molecule has 1 saturated heterocycles. The van der Waals surface area contributed by atoms with E-state index in [1.54, 1.807) is 4.90 Å². The van der Waals surface area contributed by atoms with Crippen molar-refractivity contribution in [3.8, 4) is 0 Å². The first kappa shape index (κ1) is 16.8. The monoisotopic (exact) mass is 416 g/mol. The second-order valence-corrected chi connectivity index (χ2v) is 10.0. The summed E-state index contributed by atoms with van der Waals surface area (Å²) in [5, 5.41) is 0. The summed E-state index contributed by atoms with van der Waals surface area (Å²) in [5.41, 5.74) is 8.05. The first-order valence-electron chi connectivity index (χ1n) is 9.83. The first-order valence-corrected chi connectivity index (χ1v) is 10.6. The molecule has 4 aliphatic carbocycles. The Balaban J connectivity index is 1.44. The van der Waals surface area contributed by atoms with Gasteiger partial charge in [0.1, 0.15) is 0 Å². The Morgan fingerprint density at radius 1 is 1.12 bits per heavy atom. The van der Waals surface area contributed by atoms with Crippen molar-refractivity contribution < 1.29 is 9.59 Å². The van der Waals surface area contributed by atoms with Crippen LogP contribution in [0.4, 0.5) is 5.69 Å². The van der Waals surface area contributed by atoms with Gasteiger partial charge in [0.15, 0.2) is 0 Å². The largest absolute Gasteiger partial charge is 0.369 e. The van der Waals surface area contributed by atoms with E-state index in [0.717, 1.165) is 27.9 Å². The molecule has 6 rings (SSSR count). The number of anilines is 1. The van der Waals surface area contributed by atoms with Gasteiger partial charge in [0.05, 0.1) is 11.6 Å². The van der Waals surface area contributed by atoms with Gasteiger partial charge in [0.2, 0.25) is 11.8 Å². The Morgan fingerprint density at radius 3 is 2.23 bits per heavy atom. The molecule has 1 heterocycles. The zero-order valence-corrected chi connectivity index (χ0v) is 16.5. The van der Waals surface area contributed by atoms with Gasteiger partial charge in [-0.1, -0.05) is 6.07 Å². The number of nitrogens with zero attached hydrogens (tertiary/aromatic N) is 1. The van der Waals surface area contributed by atoms with Crippen molar-refractivity contribution in [2.45, 2.75) is 50.4 Å². The topological polar surface area (TPSA) is 63.4 Å². The highest BCUT2D eigenvalue weighted by molar-refractivity contribution is 9.10. The van der Waals surface area contributed by atoms with E-state index in [1.165, 1.54) is 44.1 Å². The Bertz CT molecular complexity index is 755. The maximum absolute atomic E-state index is 12.3. The summed E-state index contributed by atoms with van der Waals surface area (Å²) in [4.78, 5) is 25.5. The van der Waals surface area contributed by atoms with Crippen LogP contribution in [0.1, 0.15) is 50.5 Å². The third-order valence-electron chi connectivity index (χ3n) is 7.42. The molecule has 5 aliphatic rings. The van der Waals surface area contributed by atoms with Gasteiger partial charge in [-0.15, -0.1) is 0 Å². The molecule has 2 amide bonds. The summed E-state index contributed by atoms with van der Waals surface area (Å²) in [6.07, 6.45) is 8.53. The fourth-order valence-electron chi connectivity index (χ4n) is 6.65. The minimum atomic E-state index is -0.387. The number of hydrogen-bond acceptors (Lipinski definition) is 2. The molecule has 0 aromatic heterocycles. The Labute approximate surface area is 162 Å². The van der Waals surface area contributed by atoms with Crippen molar-refractivity contribution in [3.05, 3.63) is 28.2 Å². The van der Waals surface area contributed by atoms with Crippen LogP contribution >= 0.6 is 15.9 Å². The minimum absolute atomic E-state index is 0.0166. The predicted molar refractivity (Wildman–Crippen MR) is 104 cm³/mol. The van der Waals surface area contributed by atoms with Gasteiger partial charge in [-0.25, -0.2) is 0 Å². The molecule has 2 N–H and O–H groups in total. The highest BCUT2D eigenvalue weighted by atomic mass is 79.9. The van der Waals surface area contributed by atoms with Gasteiger partial charge < -0.3 is 10.6 Å². The molecule has 138 valence electrons. The van der Waals surface area contributed by atoms with E-state index in [4.69, 9.17) is 5.73 Å². The van der Waals surface area contributed by atoms with Gasteiger partial charge in [0.25, 0.3) is 0 Å². The third-order valence-corrected chi connectivity index (χ3v) is 8.05. The summed E-state index contributed by atoms with van der Waals surface area (Å²) in [6.45, 7) is 0.392. The van der Waals surface area contributed by atoms with Crippen molar-refractivity contribution in [3.63, 3.8) is 0 Å². The molecule has 5 fully saturated rings. The smallest absolute Gasteiger partial charge is 0.227 e. The number of primary amides is 1. The minimum Gasteiger partial charge on any atom is -0.369 e. The van der Waals surface area contributed by atoms with Crippen LogP contribution in [-0.2, 0) is 15.0 Å². The van der Waals surface area contributed by atoms with Gasteiger partial charge in [-0.2, -0.15) is 0 Å². The number of carbonyl (C=O) groups excluding carboxylic acids is 2. The summed E-state index contributed by atoms with van der Waals surface area (Å²) >= 11 is 3.71. The van der Waals surface area contributed by atoms with E-state index in [1.807, 2.05) is 0 Å². The van der Waals surface area contributed by atoms with E-state index in [0.29, 0.717) is 12.0 Å². The fraction of sp³-hybridized carbons (Fsp3) is 0.619. The summed E-state index contributed by atoms with van der Waals surface area (Å²) in [5.74, 6) is 1.96. The maximum atomic E-state index is 12.3. The van der Waals surface area contributed by atoms with Crippen molar-refractivity contribution in [1.29, 1.82) is 0 Å². The van der Waals surface area contributed by atoms with Crippen LogP contribution in [-0.4, -0.2) is 18.4 Å². The molecule has 1 aliphatic heterocycles. The van der Waals surface area contributed by atoms with E-state index >= 15 is 0 Å². The first-order chi connectivity index (χ1) is 12.4. The van der Waals surface area contributed by atoms with Crippen LogP contribution in [0.5, 0.6) is 0 Å². The van der Waals surface area contributed by atoms with Crippen LogP contribution in [0.3, 0.4) is 0 Å². The highest BCUT2D eigenvalue weighted by Gasteiger charge is 2.51. The number of hydrogen-bond donors (Lipinski definition) is 1. The van der Waals surface area contributed by atoms with E-state index < -0.39 is 0 Å². The Kier molecular flexibility index (Phi) is 3.76. The molecular weight excluding hydrogens is 392 g/mol. The second-order valence-electron chi connectivity index (χ2n) is 9.17. The van der Waals surface area contributed by atoms with Crippen molar-refractivity contribution in [1.82, 2.24) is 0 Å². The molecule has 5 heteroatoms. The van der Waals surface area contributed by atoms with Crippen LogP contribution in [0.2, 0.25) is 0 Å². The van der Waals surface area contributed by atoms with E-state index in [9.17, 15) is 9.59 Å². The lowest BCUT2D eigenvalue weighted by Gasteiger charge is -2.57. The molecule has 1 unspecified atom stereocenters. The molecule has 1 atom stereocenters. The van der Waals surface area contributed by atoms with Gasteiger partial charge >= 0.3 is 0 Å². The fourth-order valence-corrected chi connectivity index (χ4v) is 7.24. The van der Waals surface area contributed by atoms with E-state index in [2.05, 4.69) is 34.1 Å². The summed E-state index contributed by atoms with van der Waals surface area (Å²) in [6, 6.07) is 6.55. The third kappa shape index (κ3) is 2.54. The van der Waals surface area contributed by atoms with E-state index in [-0.39, 0.29) is 24.2 Å². The Hall–Kier alpha value is -1.36. The zero-order chi connectivity index (χ0) is 18.1. The predicted octanol–water partition coefficient (Wildman–Crippen LogP) is 3.76. The van der Waals surface area contributed by atoms with Crippen LogP contribution < -0.4 is 10.6 Å². The van der Waals surface area contributed by atoms with Gasteiger partial charge in [-0.3, -0.25) is 9.59 Å². The Morgan fingerprint density at radius 2 is 1.73 bits per heavy atom. The molecule has 1 aromatic carbocycles. The molecule has 4 bridgehead atoms. The molecule has 26 heavy (non-hydrogen) atoms. The van der Waals surface area contributed by atoms with Crippen LogP contribution in [0.25, 0.3) is 0 Å². The molecule has 1 aromatic rings. The average molecular weight is 417 g/mol. The molecule has 0 spiro atoms. The quantitative estimate of drug-likeness (QED) is 0.814. The number of carbonyl (C=O) groups is 2. The average Bonchev–Trinajstić information content (AvgIpc) is 2.95. The number of nitrogens with two attached hydrogens (primary N) is 1. The molecule has 4 nitrogen and oxygen atoms in total. The maximum Gasteiger partial charge on any atom is 0.227 e. The summed E-state index contributed by atoms with van der Waals surface area (Å²) in [7, 11) is 0.